The number of amides is 1. The van der Waals surface area contributed by atoms with E-state index in [1.54, 1.807) is 4.90 Å². The van der Waals surface area contributed by atoms with Crippen molar-refractivity contribution in [3.8, 4) is 0 Å². The summed E-state index contributed by atoms with van der Waals surface area (Å²) in [5, 5.41) is 8.82. The van der Waals surface area contributed by atoms with Crippen LogP contribution in [0.1, 0.15) is 20.8 Å². The number of halogens is 1. The molecule has 2 rings (SSSR count). The molecule has 1 aliphatic heterocycles. The van der Waals surface area contributed by atoms with E-state index in [9.17, 15) is 9.59 Å². The fraction of sp³-hybridized carbons (Fsp3) is 0.364. The summed E-state index contributed by atoms with van der Waals surface area (Å²) in [5.74, 6) is -1.44. The third kappa shape index (κ3) is 2.60. The van der Waals surface area contributed by atoms with Crippen molar-refractivity contribution in [3.05, 3.63) is 28.5 Å². The van der Waals surface area contributed by atoms with Gasteiger partial charge < -0.3 is 14.7 Å². The van der Waals surface area contributed by atoms with Gasteiger partial charge in [0.2, 0.25) is 0 Å². The number of carboxylic acid groups (broad SMARTS) is 1. The number of morpholine rings is 1. The van der Waals surface area contributed by atoms with Gasteiger partial charge in [-0.3, -0.25) is 4.79 Å². The molecule has 0 radical (unpaired) electrons. The molecule has 1 saturated heterocycles. The van der Waals surface area contributed by atoms with E-state index in [0.29, 0.717) is 26.3 Å². The van der Waals surface area contributed by atoms with Crippen molar-refractivity contribution >= 4 is 23.5 Å². The van der Waals surface area contributed by atoms with Crippen LogP contribution in [0, 0.1) is 0 Å². The summed E-state index contributed by atoms with van der Waals surface area (Å²) in [4.78, 5) is 28.2. The first-order valence-electron chi connectivity index (χ1n) is 5.35. The third-order valence-corrected chi connectivity index (χ3v) is 2.88. The lowest BCUT2D eigenvalue weighted by Crippen LogP contribution is -2.41. The van der Waals surface area contributed by atoms with Crippen LogP contribution in [0.4, 0.5) is 0 Å². The van der Waals surface area contributed by atoms with Crippen molar-refractivity contribution in [2.75, 3.05) is 26.3 Å². The molecular formula is C11H11ClN2O4. The number of aromatic nitrogens is 1. The monoisotopic (exact) mass is 270 g/mol. The predicted molar refractivity (Wildman–Crippen MR) is 62.9 cm³/mol. The van der Waals surface area contributed by atoms with E-state index in [1.807, 2.05) is 0 Å². The molecule has 6 nitrogen and oxygen atoms in total. The molecule has 0 atom stereocenters. The van der Waals surface area contributed by atoms with Gasteiger partial charge in [-0.25, -0.2) is 9.78 Å². The minimum absolute atomic E-state index is 0.0430. The Labute approximate surface area is 108 Å². The summed E-state index contributed by atoms with van der Waals surface area (Å²) in [7, 11) is 0. The van der Waals surface area contributed by atoms with Crippen molar-refractivity contribution in [2.24, 2.45) is 0 Å². The lowest BCUT2D eigenvalue weighted by molar-refractivity contribution is 0.0299. The normalized spacial score (nSPS) is 15.5. The van der Waals surface area contributed by atoms with Crippen LogP contribution < -0.4 is 0 Å². The second-order valence-corrected chi connectivity index (χ2v) is 4.17. The number of hydrogen-bond acceptors (Lipinski definition) is 4. The number of carboxylic acids is 1. The summed E-state index contributed by atoms with van der Waals surface area (Å²) >= 11 is 5.88. The lowest BCUT2D eigenvalue weighted by atomic mass is 10.2. The molecule has 96 valence electrons. The minimum atomic E-state index is -1.13. The van der Waals surface area contributed by atoms with Crippen LogP contribution in [0.15, 0.2) is 12.3 Å². The fourth-order valence-electron chi connectivity index (χ4n) is 1.63. The maximum absolute atomic E-state index is 12.1. The van der Waals surface area contributed by atoms with E-state index in [4.69, 9.17) is 21.4 Å². The van der Waals surface area contributed by atoms with E-state index in [1.165, 1.54) is 6.07 Å². The molecule has 0 aliphatic carbocycles. The van der Waals surface area contributed by atoms with Crippen molar-refractivity contribution in [1.82, 2.24) is 9.88 Å². The van der Waals surface area contributed by atoms with Crippen LogP contribution in [0.5, 0.6) is 0 Å². The molecule has 1 fully saturated rings. The molecule has 1 amide bonds. The Hall–Kier alpha value is -1.66. The highest BCUT2D eigenvalue weighted by Gasteiger charge is 2.22. The Kier molecular flexibility index (Phi) is 3.78. The molecule has 0 aromatic carbocycles. The molecule has 7 heteroatoms. The van der Waals surface area contributed by atoms with Crippen molar-refractivity contribution in [2.45, 2.75) is 0 Å². The number of ether oxygens (including phenoxy) is 1. The van der Waals surface area contributed by atoms with Gasteiger partial charge in [-0.1, -0.05) is 11.6 Å². The molecule has 0 saturated carbocycles. The largest absolute Gasteiger partial charge is 0.478 e. The Bertz CT molecular complexity index is 486. The zero-order valence-corrected chi connectivity index (χ0v) is 10.2. The molecule has 1 aromatic rings. The van der Waals surface area contributed by atoms with Crippen molar-refractivity contribution in [3.63, 3.8) is 0 Å². The van der Waals surface area contributed by atoms with Gasteiger partial charge in [0.15, 0.2) is 0 Å². The molecule has 1 N–H and O–H groups in total. The standard InChI is InChI=1S/C11H11ClN2O4/c12-8-5-7(11(16)17)6-13-9(8)10(15)14-1-3-18-4-2-14/h5-6H,1-4H2,(H,16,17). The topological polar surface area (TPSA) is 79.7 Å². The van der Waals surface area contributed by atoms with Gasteiger partial charge in [0, 0.05) is 19.3 Å². The number of pyridine rings is 1. The number of hydrogen-bond donors (Lipinski definition) is 1. The zero-order valence-electron chi connectivity index (χ0n) is 9.43. The van der Waals surface area contributed by atoms with E-state index in [0.717, 1.165) is 6.20 Å². The van der Waals surface area contributed by atoms with Gasteiger partial charge in [0.1, 0.15) is 5.69 Å². The van der Waals surface area contributed by atoms with Gasteiger partial charge in [0.05, 0.1) is 23.8 Å². The molecule has 0 unspecified atom stereocenters. The van der Waals surface area contributed by atoms with E-state index in [-0.39, 0.29) is 22.2 Å². The van der Waals surface area contributed by atoms with E-state index in [2.05, 4.69) is 4.98 Å². The van der Waals surface area contributed by atoms with Gasteiger partial charge in [0.25, 0.3) is 5.91 Å². The number of aromatic carboxylic acids is 1. The van der Waals surface area contributed by atoms with E-state index < -0.39 is 5.97 Å². The van der Waals surface area contributed by atoms with Gasteiger partial charge >= 0.3 is 5.97 Å². The summed E-state index contributed by atoms with van der Waals surface area (Å²) in [6.45, 7) is 1.93. The number of carbonyl (C=O) groups excluding carboxylic acids is 1. The molecule has 18 heavy (non-hydrogen) atoms. The second-order valence-electron chi connectivity index (χ2n) is 3.76. The van der Waals surface area contributed by atoms with E-state index >= 15 is 0 Å². The van der Waals surface area contributed by atoms with Gasteiger partial charge in [-0.15, -0.1) is 0 Å². The maximum Gasteiger partial charge on any atom is 0.337 e. The number of carbonyl (C=O) groups is 2. The lowest BCUT2D eigenvalue weighted by Gasteiger charge is -2.26. The SMILES string of the molecule is O=C(O)c1cnc(C(=O)N2CCOCC2)c(Cl)c1. The highest BCUT2D eigenvalue weighted by atomic mass is 35.5. The quantitative estimate of drug-likeness (QED) is 0.864. The molecular weight excluding hydrogens is 260 g/mol. The number of rotatable bonds is 2. The Morgan fingerprint density at radius 1 is 1.39 bits per heavy atom. The molecule has 0 bridgehead atoms. The first-order valence-corrected chi connectivity index (χ1v) is 5.73. The first kappa shape index (κ1) is 12.8. The Balaban J connectivity index is 2.22. The summed E-state index contributed by atoms with van der Waals surface area (Å²) in [5.41, 5.74) is 0.0297. The van der Waals surface area contributed by atoms with Crippen molar-refractivity contribution < 1.29 is 19.4 Å². The van der Waals surface area contributed by atoms with Gasteiger partial charge in [-0.05, 0) is 6.07 Å². The van der Waals surface area contributed by atoms with Crippen LogP contribution in [-0.2, 0) is 4.74 Å². The predicted octanol–water partition coefficient (Wildman–Crippen LogP) is 0.906. The highest BCUT2D eigenvalue weighted by Crippen LogP contribution is 2.17. The van der Waals surface area contributed by atoms with Gasteiger partial charge in [-0.2, -0.15) is 0 Å². The molecule has 1 aromatic heterocycles. The van der Waals surface area contributed by atoms with Crippen LogP contribution in [0.25, 0.3) is 0 Å². The smallest absolute Gasteiger partial charge is 0.337 e. The maximum atomic E-state index is 12.1. The molecule has 2 heterocycles. The average Bonchev–Trinajstić information content (AvgIpc) is 2.38. The summed E-state index contributed by atoms with van der Waals surface area (Å²) < 4.78 is 5.14. The Morgan fingerprint density at radius 2 is 2.06 bits per heavy atom. The van der Waals surface area contributed by atoms with Crippen LogP contribution in [0.2, 0.25) is 5.02 Å². The van der Waals surface area contributed by atoms with Crippen molar-refractivity contribution in [1.29, 1.82) is 0 Å². The highest BCUT2D eigenvalue weighted by molar-refractivity contribution is 6.33. The Morgan fingerprint density at radius 3 is 2.61 bits per heavy atom. The summed E-state index contributed by atoms with van der Waals surface area (Å²) in [6.07, 6.45) is 1.13. The summed E-state index contributed by atoms with van der Waals surface area (Å²) in [6, 6.07) is 1.23. The zero-order chi connectivity index (χ0) is 13.1. The number of nitrogens with zero attached hydrogens (tertiary/aromatic N) is 2. The third-order valence-electron chi connectivity index (χ3n) is 2.59. The van der Waals surface area contributed by atoms with Crippen LogP contribution in [-0.4, -0.2) is 53.2 Å². The first-order chi connectivity index (χ1) is 8.59. The average molecular weight is 271 g/mol. The van der Waals surface area contributed by atoms with Crippen LogP contribution in [0.3, 0.4) is 0 Å². The molecule has 1 aliphatic rings. The fourth-order valence-corrected chi connectivity index (χ4v) is 1.88. The minimum Gasteiger partial charge on any atom is -0.478 e. The molecule has 0 spiro atoms. The van der Waals surface area contributed by atoms with Crippen LogP contribution >= 0.6 is 11.6 Å². The second kappa shape index (κ2) is 5.32.